The van der Waals surface area contributed by atoms with Crippen molar-refractivity contribution in [2.75, 3.05) is 25.0 Å². The predicted octanol–water partition coefficient (Wildman–Crippen LogP) is 0.854. The van der Waals surface area contributed by atoms with Crippen LogP contribution in [-0.2, 0) is 22.4 Å². The minimum atomic E-state index is -0.302. The van der Waals surface area contributed by atoms with E-state index in [4.69, 9.17) is 5.73 Å². The third-order valence-electron chi connectivity index (χ3n) is 4.33. The van der Waals surface area contributed by atoms with Crippen molar-refractivity contribution in [2.24, 2.45) is 11.7 Å². The highest BCUT2D eigenvalue weighted by Crippen LogP contribution is 2.38. The van der Waals surface area contributed by atoms with Crippen molar-refractivity contribution < 1.29 is 9.59 Å². The maximum Gasteiger partial charge on any atom is 0.239 e. The van der Waals surface area contributed by atoms with Crippen LogP contribution in [0.5, 0.6) is 0 Å². The van der Waals surface area contributed by atoms with E-state index in [1.54, 1.807) is 0 Å². The molecule has 22 heavy (non-hydrogen) atoms. The molecule has 0 aromatic carbocycles. The Balaban J connectivity index is 1.61. The fourth-order valence-corrected chi connectivity index (χ4v) is 4.44. The number of nitriles is 1. The number of rotatable bonds is 4. The standard InChI is InChI=1S/C15H18N4O2S/c16-6-11-10-2-1-3-12(10)22-15(11)18-13(20)8-19-5-4-9(7-19)14(17)21/h9H,1-5,7-8H2,(H2,17,21)(H,18,20)/t9-/m1/s1. The van der Waals surface area contributed by atoms with Crippen molar-refractivity contribution >= 4 is 28.2 Å². The first kappa shape index (κ1) is 15.0. The predicted molar refractivity (Wildman–Crippen MR) is 83.4 cm³/mol. The summed E-state index contributed by atoms with van der Waals surface area (Å²) >= 11 is 1.52. The summed E-state index contributed by atoms with van der Waals surface area (Å²) in [5.74, 6) is -0.598. The third-order valence-corrected chi connectivity index (χ3v) is 5.54. The van der Waals surface area contributed by atoms with Gasteiger partial charge in [-0.15, -0.1) is 11.3 Å². The van der Waals surface area contributed by atoms with Crippen molar-refractivity contribution in [3.63, 3.8) is 0 Å². The summed E-state index contributed by atoms with van der Waals surface area (Å²) in [6.45, 7) is 1.47. The van der Waals surface area contributed by atoms with Gasteiger partial charge in [-0.2, -0.15) is 5.26 Å². The molecule has 116 valence electrons. The molecule has 3 rings (SSSR count). The number of thiophene rings is 1. The average Bonchev–Trinajstić information content (AvgIpc) is 3.13. The first-order valence-corrected chi connectivity index (χ1v) is 8.26. The van der Waals surface area contributed by atoms with Gasteiger partial charge in [0.25, 0.3) is 0 Å². The van der Waals surface area contributed by atoms with E-state index in [1.807, 2.05) is 4.90 Å². The van der Waals surface area contributed by atoms with Crippen LogP contribution in [0, 0.1) is 17.2 Å². The molecule has 0 saturated carbocycles. The van der Waals surface area contributed by atoms with Crippen LogP contribution in [0.4, 0.5) is 5.00 Å². The maximum atomic E-state index is 12.2. The summed E-state index contributed by atoms with van der Waals surface area (Å²) < 4.78 is 0. The first-order chi connectivity index (χ1) is 10.6. The molecule has 1 aliphatic carbocycles. The van der Waals surface area contributed by atoms with E-state index in [0.29, 0.717) is 30.1 Å². The van der Waals surface area contributed by atoms with Crippen LogP contribution in [0.1, 0.15) is 28.8 Å². The molecular weight excluding hydrogens is 300 g/mol. The molecule has 2 amide bonds. The molecule has 0 radical (unpaired) electrons. The molecule has 1 saturated heterocycles. The number of carbonyl (C=O) groups excluding carboxylic acids is 2. The number of hydrogen-bond acceptors (Lipinski definition) is 5. The highest BCUT2D eigenvalue weighted by molar-refractivity contribution is 7.16. The van der Waals surface area contributed by atoms with Crippen molar-refractivity contribution in [1.29, 1.82) is 5.26 Å². The zero-order chi connectivity index (χ0) is 15.7. The number of nitrogens with one attached hydrogen (secondary N) is 1. The Kier molecular flexibility index (Phi) is 4.14. The van der Waals surface area contributed by atoms with Gasteiger partial charge in [-0.3, -0.25) is 14.5 Å². The molecule has 1 aromatic heterocycles. The fourth-order valence-electron chi connectivity index (χ4n) is 3.19. The molecule has 1 fully saturated rings. The first-order valence-electron chi connectivity index (χ1n) is 7.44. The van der Waals surface area contributed by atoms with Gasteiger partial charge in [0.05, 0.1) is 18.0 Å². The Morgan fingerprint density at radius 3 is 2.95 bits per heavy atom. The highest BCUT2D eigenvalue weighted by atomic mass is 32.1. The van der Waals surface area contributed by atoms with E-state index in [2.05, 4.69) is 11.4 Å². The monoisotopic (exact) mass is 318 g/mol. The Bertz CT molecular complexity index is 661. The molecular formula is C15H18N4O2S. The molecule has 6 nitrogen and oxygen atoms in total. The lowest BCUT2D eigenvalue weighted by Gasteiger charge is -2.14. The number of aryl methyl sites for hydroxylation is 1. The lowest BCUT2D eigenvalue weighted by Crippen LogP contribution is -2.33. The number of carbonyl (C=O) groups is 2. The largest absolute Gasteiger partial charge is 0.369 e. The second kappa shape index (κ2) is 6.07. The van der Waals surface area contributed by atoms with Crippen LogP contribution in [0.15, 0.2) is 0 Å². The van der Waals surface area contributed by atoms with Gasteiger partial charge >= 0.3 is 0 Å². The SMILES string of the molecule is N#Cc1c(NC(=O)CN2CC[C@@H](C(N)=O)C2)sc2c1CCC2. The molecule has 1 aliphatic heterocycles. The molecule has 0 spiro atoms. The zero-order valence-corrected chi connectivity index (χ0v) is 13.0. The highest BCUT2D eigenvalue weighted by Gasteiger charge is 2.28. The lowest BCUT2D eigenvalue weighted by atomic mass is 10.1. The van der Waals surface area contributed by atoms with E-state index >= 15 is 0 Å². The number of amides is 2. The quantitative estimate of drug-likeness (QED) is 0.860. The Morgan fingerprint density at radius 1 is 1.45 bits per heavy atom. The van der Waals surface area contributed by atoms with Crippen LogP contribution >= 0.6 is 11.3 Å². The fraction of sp³-hybridized carbons (Fsp3) is 0.533. The molecule has 3 N–H and O–H groups in total. The molecule has 1 atom stereocenters. The summed E-state index contributed by atoms with van der Waals surface area (Å²) in [6, 6.07) is 2.22. The third kappa shape index (κ3) is 2.85. The van der Waals surface area contributed by atoms with Crippen molar-refractivity contribution in [3.05, 3.63) is 16.0 Å². The number of hydrogen-bond donors (Lipinski definition) is 2. The van der Waals surface area contributed by atoms with E-state index in [1.165, 1.54) is 16.2 Å². The van der Waals surface area contributed by atoms with Gasteiger partial charge in [-0.1, -0.05) is 0 Å². The Labute approximate surface area is 132 Å². The van der Waals surface area contributed by atoms with E-state index in [9.17, 15) is 14.9 Å². The van der Waals surface area contributed by atoms with Gasteiger partial charge in [0.2, 0.25) is 11.8 Å². The number of primary amides is 1. The van der Waals surface area contributed by atoms with Gasteiger partial charge in [-0.25, -0.2) is 0 Å². The number of fused-ring (bicyclic) bond motifs is 1. The number of nitrogens with zero attached hydrogens (tertiary/aromatic N) is 2. The van der Waals surface area contributed by atoms with Crippen molar-refractivity contribution in [2.45, 2.75) is 25.7 Å². The molecule has 1 aromatic rings. The van der Waals surface area contributed by atoms with E-state index in [0.717, 1.165) is 24.8 Å². The number of anilines is 1. The van der Waals surface area contributed by atoms with Crippen LogP contribution in [0.25, 0.3) is 0 Å². The van der Waals surface area contributed by atoms with Gasteiger partial charge < -0.3 is 11.1 Å². The van der Waals surface area contributed by atoms with Gasteiger partial charge in [0.1, 0.15) is 11.1 Å². The Hall–Kier alpha value is -1.91. The van der Waals surface area contributed by atoms with Crippen LogP contribution < -0.4 is 11.1 Å². The molecule has 0 unspecified atom stereocenters. The smallest absolute Gasteiger partial charge is 0.239 e. The summed E-state index contributed by atoms with van der Waals surface area (Å²) in [5, 5.41) is 12.8. The average molecular weight is 318 g/mol. The minimum Gasteiger partial charge on any atom is -0.369 e. The number of nitrogens with two attached hydrogens (primary N) is 1. The summed E-state index contributed by atoms with van der Waals surface area (Å²) in [7, 11) is 0. The summed E-state index contributed by atoms with van der Waals surface area (Å²) in [6.07, 6.45) is 3.72. The molecule has 7 heteroatoms. The molecule has 2 aliphatic rings. The normalized spacial score (nSPS) is 20.6. The van der Waals surface area contributed by atoms with Crippen LogP contribution in [-0.4, -0.2) is 36.3 Å². The summed E-state index contributed by atoms with van der Waals surface area (Å²) in [5.41, 5.74) is 7.03. The van der Waals surface area contributed by atoms with Gasteiger partial charge in [0, 0.05) is 11.4 Å². The minimum absolute atomic E-state index is 0.137. The maximum absolute atomic E-state index is 12.2. The lowest BCUT2D eigenvalue weighted by molar-refractivity contribution is -0.122. The van der Waals surface area contributed by atoms with Gasteiger partial charge in [-0.05, 0) is 37.8 Å². The topological polar surface area (TPSA) is 99.2 Å². The molecule has 2 heterocycles. The van der Waals surface area contributed by atoms with Crippen molar-refractivity contribution in [1.82, 2.24) is 4.90 Å². The van der Waals surface area contributed by atoms with E-state index in [-0.39, 0.29) is 24.3 Å². The van der Waals surface area contributed by atoms with E-state index < -0.39 is 0 Å². The van der Waals surface area contributed by atoms with Crippen molar-refractivity contribution in [3.8, 4) is 6.07 Å². The second-order valence-corrected chi connectivity index (χ2v) is 6.95. The van der Waals surface area contributed by atoms with Crippen LogP contribution in [0.2, 0.25) is 0 Å². The second-order valence-electron chi connectivity index (χ2n) is 5.84. The number of likely N-dealkylation sites (tertiary alicyclic amines) is 1. The molecule has 0 bridgehead atoms. The van der Waals surface area contributed by atoms with Crippen LogP contribution in [0.3, 0.4) is 0 Å². The Morgan fingerprint density at radius 2 is 2.27 bits per heavy atom. The van der Waals surface area contributed by atoms with Gasteiger partial charge in [0.15, 0.2) is 0 Å². The zero-order valence-electron chi connectivity index (χ0n) is 12.2. The summed E-state index contributed by atoms with van der Waals surface area (Å²) in [4.78, 5) is 26.5.